The van der Waals surface area contributed by atoms with Crippen LogP contribution < -0.4 is 14.8 Å². The van der Waals surface area contributed by atoms with Gasteiger partial charge in [0.15, 0.2) is 0 Å². The molecule has 1 amide bonds. The van der Waals surface area contributed by atoms with Gasteiger partial charge in [0, 0.05) is 5.69 Å². The lowest BCUT2D eigenvalue weighted by molar-refractivity contribution is -0.115. The van der Waals surface area contributed by atoms with Gasteiger partial charge in [-0.05, 0) is 42.0 Å². The molecule has 0 saturated heterocycles. The number of methoxy groups -OCH3 is 1. The summed E-state index contributed by atoms with van der Waals surface area (Å²) in [6, 6.07) is 14.7. The molecule has 114 valence electrons. The number of rotatable bonds is 7. The highest BCUT2D eigenvalue weighted by Gasteiger charge is 2.05. The van der Waals surface area contributed by atoms with E-state index < -0.39 is 0 Å². The topological polar surface area (TPSA) is 47.6 Å². The van der Waals surface area contributed by atoms with Crippen LogP contribution in [-0.2, 0) is 11.2 Å². The summed E-state index contributed by atoms with van der Waals surface area (Å²) >= 11 is 0. The zero-order valence-electron chi connectivity index (χ0n) is 12.5. The molecule has 0 aliphatic rings. The van der Waals surface area contributed by atoms with Crippen molar-refractivity contribution in [3.05, 3.63) is 66.7 Å². The zero-order valence-corrected chi connectivity index (χ0v) is 12.5. The number of hydrogen-bond donors (Lipinski definition) is 1. The lowest BCUT2D eigenvalue weighted by atomic mass is 10.1. The van der Waals surface area contributed by atoms with Crippen LogP contribution >= 0.6 is 0 Å². The quantitative estimate of drug-likeness (QED) is 0.796. The van der Waals surface area contributed by atoms with Gasteiger partial charge >= 0.3 is 0 Å². The second-order valence-electron chi connectivity index (χ2n) is 4.70. The molecule has 4 heteroatoms. The van der Waals surface area contributed by atoms with E-state index in [0.717, 1.165) is 22.7 Å². The molecule has 0 bridgehead atoms. The van der Waals surface area contributed by atoms with Crippen LogP contribution in [0.2, 0.25) is 0 Å². The summed E-state index contributed by atoms with van der Waals surface area (Å²) in [5, 5.41) is 2.86. The number of nitrogens with one attached hydrogen (secondary N) is 1. The van der Waals surface area contributed by atoms with Crippen LogP contribution in [0.4, 0.5) is 5.69 Å². The van der Waals surface area contributed by atoms with E-state index >= 15 is 0 Å². The van der Waals surface area contributed by atoms with Crippen LogP contribution in [0.5, 0.6) is 11.5 Å². The van der Waals surface area contributed by atoms with Gasteiger partial charge in [0.2, 0.25) is 5.91 Å². The minimum atomic E-state index is -0.0649. The fourth-order valence-corrected chi connectivity index (χ4v) is 1.92. The number of hydrogen-bond acceptors (Lipinski definition) is 3. The van der Waals surface area contributed by atoms with Crippen molar-refractivity contribution in [2.45, 2.75) is 6.42 Å². The Hall–Kier alpha value is -2.75. The summed E-state index contributed by atoms with van der Waals surface area (Å²) in [6.07, 6.45) is 2.00. The Morgan fingerprint density at radius 1 is 1.09 bits per heavy atom. The van der Waals surface area contributed by atoms with E-state index in [1.807, 2.05) is 48.5 Å². The molecule has 2 rings (SSSR count). The molecule has 2 aromatic carbocycles. The molecule has 0 aliphatic carbocycles. The minimum absolute atomic E-state index is 0.0649. The molecular formula is C18H19NO3. The Labute approximate surface area is 130 Å². The third-order valence-corrected chi connectivity index (χ3v) is 3.03. The first-order valence-corrected chi connectivity index (χ1v) is 6.98. The van der Waals surface area contributed by atoms with Gasteiger partial charge in [-0.1, -0.05) is 24.8 Å². The molecule has 0 fully saturated rings. The molecule has 0 spiro atoms. The summed E-state index contributed by atoms with van der Waals surface area (Å²) in [6.45, 7) is 4.06. The average Bonchev–Trinajstić information content (AvgIpc) is 2.55. The van der Waals surface area contributed by atoms with Crippen LogP contribution in [-0.4, -0.2) is 19.6 Å². The van der Waals surface area contributed by atoms with E-state index in [1.165, 1.54) is 0 Å². The predicted molar refractivity (Wildman–Crippen MR) is 87.5 cm³/mol. The second kappa shape index (κ2) is 7.88. The molecule has 0 radical (unpaired) electrons. The fourth-order valence-electron chi connectivity index (χ4n) is 1.92. The number of carbonyl (C=O) groups is 1. The molecule has 2 aromatic rings. The van der Waals surface area contributed by atoms with Crippen molar-refractivity contribution in [2.75, 3.05) is 19.0 Å². The number of carbonyl (C=O) groups excluding carboxylic acids is 1. The molecule has 0 aromatic heterocycles. The second-order valence-corrected chi connectivity index (χ2v) is 4.70. The van der Waals surface area contributed by atoms with Crippen molar-refractivity contribution in [2.24, 2.45) is 0 Å². The Bertz CT molecular complexity index is 618. The first-order valence-electron chi connectivity index (χ1n) is 6.98. The summed E-state index contributed by atoms with van der Waals surface area (Å²) in [5.74, 6) is 1.46. The molecule has 22 heavy (non-hydrogen) atoms. The van der Waals surface area contributed by atoms with E-state index in [0.29, 0.717) is 13.0 Å². The molecule has 0 heterocycles. The van der Waals surface area contributed by atoms with Crippen molar-refractivity contribution in [1.82, 2.24) is 0 Å². The number of anilines is 1. The highest BCUT2D eigenvalue weighted by molar-refractivity contribution is 5.92. The summed E-state index contributed by atoms with van der Waals surface area (Å²) in [4.78, 5) is 12.0. The van der Waals surface area contributed by atoms with Crippen LogP contribution in [0.15, 0.2) is 61.2 Å². The van der Waals surface area contributed by atoms with Gasteiger partial charge in [-0.25, -0.2) is 0 Å². The van der Waals surface area contributed by atoms with E-state index in [4.69, 9.17) is 9.47 Å². The maximum Gasteiger partial charge on any atom is 0.228 e. The van der Waals surface area contributed by atoms with Crippen molar-refractivity contribution >= 4 is 11.6 Å². The highest BCUT2D eigenvalue weighted by Crippen LogP contribution is 2.16. The zero-order chi connectivity index (χ0) is 15.8. The maximum atomic E-state index is 12.0. The van der Waals surface area contributed by atoms with E-state index in [2.05, 4.69) is 11.9 Å². The average molecular weight is 297 g/mol. The Morgan fingerprint density at radius 2 is 1.73 bits per heavy atom. The van der Waals surface area contributed by atoms with E-state index in [9.17, 15) is 4.79 Å². The first-order chi connectivity index (χ1) is 10.7. The lowest BCUT2D eigenvalue weighted by Crippen LogP contribution is -2.14. The van der Waals surface area contributed by atoms with Crippen LogP contribution in [0, 0.1) is 0 Å². The van der Waals surface area contributed by atoms with Gasteiger partial charge in [0.25, 0.3) is 0 Å². The smallest absolute Gasteiger partial charge is 0.228 e. The van der Waals surface area contributed by atoms with Crippen molar-refractivity contribution in [1.29, 1.82) is 0 Å². The summed E-state index contributed by atoms with van der Waals surface area (Å²) < 4.78 is 10.5. The third-order valence-electron chi connectivity index (χ3n) is 3.03. The number of benzene rings is 2. The molecular weight excluding hydrogens is 278 g/mol. The number of ether oxygens (including phenoxy) is 2. The molecule has 0 aliphatic heterocycles. The van der Waals surface area contributed by atoms with Gasteiger partial charge in [0.1, 0.15) is 18.1 Å². The molecule has 0 saturated carbocycles. The Kier molecular flexibility index (Phi) is 5.60. The fraction of sp³-hybridized carbons (Fsp3) is 0.167. The maximum absolute atomic E-state index is 12.0. The predicted octanol–water partition coefficient (Wildman–Crippen LogP) is 3.44. The van der Waals surface area contributed by atoms with Crippen molar-refractivity contribution in [3.8, 4) is 11.5 Å². The summed E-state index contributed by atoms with van der Waals surface area (Å²) in [5.41, 5.74) is 1.67. The van der Waals surface area contributed by atoms with Gasteiger partial charge in [0.05, 0.1) is 13.5 Å². The van der Waals surface area contributed by atoms with Gasteiger partial charge in [-0.3, -0.25) is 4.79 Å². The van der Waals surface area contributed by atoms with Gasteiger partial charge < -0.3 is 14.8 Å². The largest absolute Gasteiger partial charge is 0.497 e. The SMILES string of the molecule is C=CCOc1ccc(NC(=O)Cc2ccc(OC)cc2)cc1. The van der Waals surface area contributed by atoms with Crippen molar-refractivity contribution in [3.63, 3.8) is 0 Å². The number of amides is 1. The minimum Gasteiger partial charge on any atom is -0.497 e. The monoisotopic (exact) mass is 297 g/mol. The normalized spacial score (nSPS) is 9.86. The first kappa shape index (κ1) is 15.6. The van der Waals surface area contributed by atoms with E-state index in [1.54, 1.807) is 13.2 Å². The molecule has 4 nitrogen and oxygen atoms in total. The standard InChI is InChI=1S/C18H19NO3/c1-3-12-22-17-10-6-15(7-11-17)19-18(20)13-14-4-8-16(21-2)9-5-14/h3-11H,1,12-13H2,2H3,(H,19,20). The van der Waals surface area contributed by atoms with Gasteiger partial charge in [-0.15, -0.1) is 0 Å². The Morgan fingerprint density at radius 3 is 2.32 bits per heavy atom. The Balaban J connectivity index is 1.89. The van der Waals surface area contributed by atoms with Crippen LogP contribution in [0.25, 0.3) is 0 Å². The third kappa shape index (κ3) is 4.66. The molecule has 0 atom stereocenters. The molecule has 1 N–H and O–H groups in total. The van der Waals surface area contributed by atoms with Crippen LogP contribution in [0.1, 0.15) is 5.56 Å². The summed E-state index contributed by atoms with van der Waals surface area (Å²) in [7, 11) is 1.62. The van der Waals surface area contributed by atoms with Crippen molar-refractivity contribution < 1.29 is 14.3 Å². The van der Waals surface area contributed by atoms with Gasteiger partial charge in [-0.2, -0.15) is 0 Å². The van der Waals surface area contributed by atoms with Crippen LogP contribution in [0.3, 0.4) is 0 Å². The van der Waals surface area contributed by atoms with E-state index in [-0.39, 0.29) is 5.91 Å². The highest BCUT2D eigenvalue weighted by atomic mass is 16.5. The molecule has 0 unspecified atom stereocenters. The lowest BCUT2D eigenvalue weighted by Gasteiger charge is -2.08.